The molecule has 4 nitrogen and oxygen atoms in total. The van der Waals surface area contributed by atoms with E-state index in [1.165, 1.54) is 0 Å². The smallest absolute Gasteiger partial charge is 0.229 e. The molecule has 15 heavy (non-hydrogen) atoms. The van der Waals surface area contributed by atoms with Crippen molar-refractivity contribution in [2.75, 3.05) is 13.7 Å². The Balaban J connectivity index is 2.89. The fraction of sp³-hybridized carbons (Fsp3) is 0.273. The quantitative estimate of drug-likeness (QED) is 0.562. The fourth-order valence-corrected chi connectivity index (χ4v) is 1.29. The van der Waals surface area contributed by atoms with E-state index in [2.05, 4.69) is 0 Å². The highest BCUT2D eigenvalue weighted by Gasteiger charge is 2.07. The second-order valence-electron chi connectivity index (χ2n) is 3.03. The van der Waals surface area contributed by atoms with Gasteiger partial charge in [0.2, 0.25) is 6.54 Å². The highest BCUT2D eigenvalue weighted by Crippen LogP contribution is 2.18. The minimum atomic E-state index is -0.334. The molecule has 0 aliphatic rings. The third-order valence-electron chi connectivity index (χ3n) is 2.11. The monoisotopic (exact) mass is 207 g/mol. The zero-order valence-electron chi connectivity index (χ0n) is 8.77. The molecule has 0 aliphatic heterocycles. The lowest BCUT2D eigenvalue weighted by molar-refractivity contribution is -0.465. The van der Waals surface area contributed by atoms with Gasteiger partial charge in [0.1, 0.15) is 5.75 Å². The number of rotatable bonds is 4. The summed E-state index contributed by atoms with van der Waals surface area (Å²) in [6.07, 6.45) is 1.75. The molecule has 0 radical (unpaired) electrons. The zero-order chi connectivity index (χ0) is 11.3. The maximum absolute atomic E-state index is 10.4. The molecule has 0 spiro atoms. The molecule has 0 unspecified atom stereocenters. The largest absolute Gasteiger partial charge is 0.497 e. The number of allylic oxidation sites excluding steroid dienone is 1. The second-order valence-corrected chi connectivity index (χ2v) is 3.03. The van der Waals surface area contributed by atoms with Crippen LogP contribution >= 0.6 is 0 Å². The minimum Gasteiger partial charge on any atom is -0.497 e. The molecule has 0 amide bonds. The van der Waals surface area contributed by atoms with Gasteiger partial charge in [0.05, 0.1) is 7.11 Å². The summed E-state index contributed by atoms with van der Waals surface area (Å²) in [7, 11) is 1.59. The van der Waals surface area contributed by atoms with Gasteiger partial charge < -0.3 is 4.74 Å². The Morgan fingerprint density at radius 3 is 2.47 bits per heavy atom. The molecule has 0 N–H and O–H groups in total. The summed E-state index contributed by atoms with van der Waals surface area (Å²) in [6, 6.07) is 7.22. The van der Waals surface area contributed by atoms with Crippen LogP contribution in [0.15, 0.2) is 30.3 Å². The summed E-state index contributed by atoms with van der Waals surface area (Å²) in [4.78, 5) is 10.1. The first-order valence-electron chi connectivity index (χ1n) is 4.58. The van der Waals surface area contributed by atoms with Gasteiger partial charge in [-0.2, -0.15) is 0 Å². The summed E-state index contributed by atoms with van der Waals surface area (Å²) < 4.78 is 5.01. The van der Waals surface area contributed by atoms with E-state index >= 15 is 0 Å². The van der Waals surface area contributed by atoms with Gasteiger partial charge in [0, 0.05) is 10.5 Å². The summed E-state index contributed by atoms with van der Waals surface area (Å²) in [5.41, 5.74) is 1.57. The van der Waals surface area contributed by atoms with Crippen LogP contribution in [-0.4, -0.2) is 18.6 Å². The van der Waals surface area contributed by atoms with Crippen LogP contribution in [0.3, 0.4) is 0 Å². The molecule has 4 heteroatoms. The van der Waals surface area contributed by atoms with Crippen molar-refractivity contribution in [3.8, 4) is 5.75 Å². The first kappa shape index (κ1) is 11.2. The van der Waals surface area contributed by atoms with Crippen molar-refractivity contribution in [3.63, 3.8) is 0 Å². The van der Waals surface area contributed by atoms with Crippen LogP contribution < -0.4 is 4.74 Å². The van der Waals surface area contributed by atoms with E-state index in [0.29, 0.717) is 5.57 Å². The number of benzene rings is 1. The number of hydrogen-bond acceptors (Lipinski definition) is 3. The predicted molar refractivity (Wildman–Crippen MR) is 58.5 cm³/mol. The van der Waals surface area contributed by atoms with Crippen LogP contribution in [0, 0.1) is 10.1 Å². The lowest BCUT2D eigenvalue weighted by Crippen LogP contribution is -2.03. The van der Waals surface area contributed by atoms with Gasteiger partial charge in [0.25, 0.3) is 0 Å². The number of methoxy groups -OCH3 is 1. The fourth-order valence-electron chi connectivity index (χ4n) is 1.29. The molecule has 80 valence electrons. The Morgan fingerprint density at radius 2 is 2.07 bits per heavy atom. The van der Waals surface area contributed by atoms with Gasteiger partial charge in [0.15, 0.2) is 0 Å². The molecule has 0 bridgehead atoms. The van der Waals surface area contributed by atoms with Gasteiger partial charge in [-0.15, -0.1) is 0 Å². The molecule has 0 fully saturated rings. The lowest BCUT2D eigenvalue weighted by atomic mass is 10.1. The third-order valence-corrected chi connectivity index (χ3v) is 2.11. The lowest BCUT2D eigenvalue weighted by Gasteiger charge is -2.04. The van der Waals surface area contributed by atoms with Crippen LogP contribution in [0.5, 0.6) is 5.75 Å². The predicted octanol–water partition coefficient (Wildman–Crippen LogP) is 2.38. The summed E-state index contributed by atoms with van der Waals surface area (Å²) in [5.74, 6) is 0.746. The van der Waals surface area contributed by atoms with Crippen LogP contribution in [0.4, 0.5) is 0 Å². The Bertz CT molecular complexity index is 368. The molecular weight excluding hydrogens is 194 g/mol. The SMILES string of the molecule is CC=C(C[N+](=O)[O-])c1ccc(OC)cc1. The first-order chi connectivity index (χ1) is 7.17. The van der Waals surface area contributed by atoms with Crippen LogP contribution in [0.1, 0.15) is 12.5 Å². The third kappa shape index (κ3) is 3.09. The maximum atomic E-state index is 10.4. The van der Waals surface area contributed by atoms with E-state index in [-0.39, 0.29) is 11.5 Å². The van der Waals surface area contributed by atoms with E-state index in [4.69, 9.17) is 4.74 Å². The summed E-state index contributed by atoms with van der Waals surface area (Å²) in [6.45, 7) is 1.64. The number of ether oxygens (including phenoxy) is 1. The van der Waals surface area contributed by atoms with Gasteiger partial charge in [-0.05, 0) is 24.6 Å². The minimum absolute atomic E-state index is 0.150. The Hall–Kier alpha value is -1.84. The van der Waals surface area contributed by atoms with Gasteiger partial charge in [-0.1, -0.05) is 18.2 Å². The van der Waals surface area contributed by atoms with Crippen molar-refractivity contribution >= 4 is 5.57 Å². The standard InChI is InChI=1S/C11H13NO3/c1-3-9(8-12(13)14)10-4-6-11(15-2)7-5-10/h3-7H,8H2,1-2H3. The molecule has 0 aromatic heterocycles. The number of nitro groups is 1. The Morgan fingerprint density at radius 1 is 1.47 bits per heavy atom. The van der Waals surface area contributed by atoms with Gasteiger partial charge >= 0.3 is 0 Å². The van der Waals surface area contributed by atoms with Crippen LogP contribution in [0.25, 0.3) is 5.57 Å². The average Bonchev–Trinajstić information content (AvgIpc) is 2.26. The van der Waals surface area contributed by atoms with Crippen molar-refractivity contribution in [2.45, 2.75) is 6.92 Å². The Kier molecular flexibility index (Phi) is 3.85. The Labute approximate surface area is 88.3 Å². The van der Waals surface area contributed by atoms with E-state index in [1.807, 2.05) is 12.1 Å². The molecule has 1 aromatic carbocycles. The van der Waals surface area contributed by atoms with Gasteiger partial charge in [-0.3, -0.25) is 10.1 Å². The van der Waals surface area contributed by atoms with E-state index in [9.17, 15) is 10.1 Å². The molecule has 0 saturated carbocycles. The van der Waals surface area contributed by atoms with Crippen molar-refractivity contribution < 1.29 is 9.66 Å². The van der Waals surface area contributed by atoms with Crippen molar-refractivity contribution in [1.29, 1.82) is 0 Å². The molecule has 1 rings (SSSR count). The molecule has 1 aromatic rings. The van der Waals surface area contributed by atoms with Crippen molar-refractivity contribution in [2.24, 2.45) is 0 Å². The molecule has 0 heterocycles. The second kappa shape index (κ2) is 5.14. The number of nitrogens with zero attached hydrogens (tertiary/aromatic N) is 1. The molecule has 0 aliphatic carbocycles. The van der Waals surface area contributed by atoms with Crippen molar-refractivity contribution in [3.05, 3.63) is 46.0 Å². The molecular formula is C11H13NO3. The molecule has 0 atom stereocenters. The summed E-state index contributed by atoms with van der Waals surface area (Å²) >= 11 is 0. The van der Waals surface area contributed by atoms with Crippen molar-refractivity contribution in [1.82, 2.24) is 0 Å². The van der Waals surface area contributed by atoms with Crippen LogP contribution in [-0.2, 0) is 0 Å². The first-order valence-corrected chi connectivity index (χ1v) is 4.58. The van der Waals surface area contributed by atoms with E-state index in [0.717, 1.165) is 11.3 Å². The molecule has 0 saturated heterocycles. The average molecular weight is 207 g/mol. The van der Waals surface area contributed by atoms with E-state index in [1.54, 1.807) is 32.2 Å². The van der Waals surface area contributed by atoms with Crippen LogP contribution in [0.2, 0.25) is 0 Å². The highest BCUT2D eigenvalue weighted by atomic mass is 16.6. The topological polar surface area (TPSA) is 52.4 Å². The zero-order valence-corrected chi connectivity index (χ0v) is 8.77. The normalized spacial score (nSPS) is 11.2. The highest BCUT2D eigenvalue weighted by molar-refractivity contribution is 5.66. The maximum Gasteiger partial charge on any atom is 0.229 e. The van der Waals surface area contributed by atoms with Gasteiger partial charge in [-0.25, -0.2) is 0 Å². The summed E-state index contributed by atoms with van der Waals surface area (Å²) in [5, 5.41) is 10.4. The van der Waals surface area contributed by atoms with E-state index < -0.39 is 0 Å². The number of hydrogen-bond donors (Lipinski definition) is 0.